The van der Waals surface area contributed by atoms with E-state index in [4.69, 9.17) is 0 Å². The third kappa shape index (κ3) is 3.52. The van der Waals surface area contributed by atoms with Crippen LogP contribution in [0.2, 0.25) is 0 Å². The van der Waals surface area contributed by atoms with Gasteiger partial charge in [0.15, 0.2) is 0 Å². The predicted molar refractivity (Wildman–Crippen MR) is 184 cm³/mol. The fourth-order valence-electron chi connectivity index (χ4n) is 7.64. The highest BCUT2D eigenvalue weighted by Crippen LogP contribution is 2.52. The average molecular weight is 563 g/mol. The number of benzene rings is 6. The van der Waals surface area contributed by atoms with E-state index in [0.29, 0.717) is 0 Å². The smallest absolute Gasteiger partial charge is 0.0492 e. The van der Waals surface area contributed by atoms with Crippen molar-refractivity contribution in [1.82, 2.24) is 4.98 Å². The molecule has 1 aromatic heterocycles. The van der Waals surface area contributed by atoms with E-state index in [2.05, 4.69) is 157 Å². The Balaban J connectivity index is 1.21. The number of hydrogen-bond acceptors (Lipinski definition) is 2. The molecule has 0 saturated heterocycles. The van der Waals surface area contributed by atoms with Crippen LogP contribution in [0.1, 0.15) is 25.0 Å². The van der Waals surface area contributed by atoms with Gasteiger partial charge in [-0.2, -0.15) is 0 Å². The van der Waals surface area contributed by atoms with Gasteiger partial charge in [0.05, 0.1) is 0 Å². The fourth-order valence-corrected chi connectivity index (χ4v) is 7.64. The second-order valence-corrected chi connectivity index (χ2v) is 12.4. The maximum Gasteiger partial charge on any atom is 0.0492 e. The first kappa shape index (κ1) is 25.1. The molecule has 0 aliphatic heterocycles. The van der Waals surface area contributed by atoms with Gasteiger partial charge in [-0.15, -0.1) is 0 Å². The maximum atomic E-state index is 4.34. The van der Waals surface area contributed by atoms with Gasteiger partial charge in [0.2, 0.25) is 0 Å². The normalized spacial score (nSPS) is 13.4. The summed E-state index contributed by atoms with van der Waals surface area (Å²) in [6.07, 6.45) is 3.75. The Morgan fingerprint density at radius 3 is 1.89 bits per heavy atom. The zero-order valence-electron chi connectivity index (χ0n) is 24.8. The van der Waals surface area contributed by atoms with E-state index in [9.17, 15) is 0 Å². The molecular weight excluding hydrogens is 532 g/mol. The van der Waals surface area contributed by atoms with Gasteiger partial charge >= 0.3 is 0 Å². The molecule has 2 heteroatoms. The van der Waals surface area contributed by atoms with E-state index in [0.717, 1.165) is 17.1 Å². The summed E-state index contributed by atoms with van der Waals surface area (Å²) in [4.78, 5) is 6.70. The Bertz CT molecular complexity index is 2230. The number of fused-ring (bicyclic) bond motifs is 6. The van der Waals surface area contributed by atoms with Crippen LogP contribution in [0.3, 0.4) is 0 Å². The summed E-state index contributed by atoms with van der Waals surface area (Å²) in [6.45, 7) is 4.68. The van der Waals surface area contributed by atoms with Crippen molar-refractivity contribution in [2.24, 2.45) is 0 Å². The lowest BCUT2D eigenvalue weighted by atomic mass is 9.82. The molecule has 208 valence electrons. The standard InChI is InChI=1S/C42H30N2/c1-42(2)39-16-6-5-13-34(39)35-18-17-30(26-40(35)42)44(28-21-23-43-24-22-28)29-10-7-9-27(25-29)31-19-20-38-33-12-4-3-11-32(33)37-15-8-14-36(31)41(37)38/h3-26H,1-2H3. The van der Waals surface area contributed by atoms with Crippen LogP contribution in [0.4, 0.5) is 17.1 Å². The van der Waals surface area contributed by atoms with Crippen LogP contribution in [-0.2, 0) is 5.41 Å². The van der Waals surface area contributed by atoms with Gasteiger partial charge < -0.3 is 4.90 Å². The van der Waals surface area contributed by atoms with E-state index < -0.39 is 0 Å². The number of aromatic nitrogens is 1. The molecule has 0 bridgehead atoms. The van der Waals surface area contributed by atoms with E-state index in [-0.39, 0.29) is 5.41 Å². The quantitative estimate of drug-likeness (QED) is 0.212. The molecule has 0 amide bonds. The first-order chi connectivity index (χ1) is 21.6. The first-order valence-corrected chi connectivity index (χ1v) is 15.3. The van der Waals surface area contributed by atoms with E-state index in [1.165, 1.54) is 66.4 Å². The minimum absolute atomic E-state index is 0.0735. The van der Waals surface area contributed by atoms with Crippen molar-refractivity contribution in [1.29, 1.82) is 0 Å². The largest absolute Gasteiger partial charge is 0.310 e. The number of anilines is 3. The van der Waals surface area contributed by atoms with Crippen LogP contribution >= 0.6 is 0 Å². The maximum absolute atomic E-state index is 4.34. The summed E-state index contributed by atoms with van der Waals surface area (Å²) in [7, 11) is 0. The van der Waals surface area contributed by atoms with E-state index in [1.807, 2.05) is 12.4 Å². The van der Waals surface area contributed by atoms with E-state index >= 15 is 0 Å². The second kappa shape index (κ2) is 9.26. The molecular formula is C42H30N2. The molecule has 0 saturated carbocycles. The third-order valence-corrected chi connectivity index (χ3v) is 9.71. The van der Waals surface area contributed by atoms with Crippen molar-refractivity contribution < 1.29 is 0 Å². The van der Waals surface area contributed by atoms with Gasteiger partial charge in [0, 0.05) is 34.9 Å². The minimum Gasteiger partial charge on any atom is -0.310 e. The summed E-state index contributed by atoms with van der Waals surface area (Å²) in [5, 5.41) is 2.64. The van der Waals surface area contributed by atoms with Gasteiger partial charge in [0.1, 0.15) is 0 Å². The monoisotopic (exact) mass is 562 g/mol. The molecule has 7 aromatic rings. The highest BCUT2D eigenvalue weighted by molar-refractivity contribution is 6.18. The molecule has 1 heterocycles. The number of rotatable bonds is 4. The summed E-state index contributed by atoms with van der Waals surface area (Å²) < 4.78 is 0. The van der Waals surface area contributed by atoms with Crippen molar-refractivity contribution in [3.8, 4) is 44.5 Å². The van der Waals surface area contributed by atoms with Gasteiger partial charge in [-0.05, 0) is 103 Å². The average Bonchev–Trinajstić information content (AvgIpc) is 3.52. The predicted octanol–water partition coefficient (Wildman–Crippen LogP) is 11.3. The molecule has 0 N–H and O–H groups in total. The molecule has 0 unspecified atom stereocenters. The minimum atomic E-state index is -0.0735. The lowest BCUT2D eigenvalue weighted by Crippen LogP contribution is -2.16. The lowest BCUT2D eigenvalue weighted by molar-refractivity contribution is 0.660. The van der Waals surface area contributed by atoms with Crippen molar-refractivity contribution in [2.75, 3.05) is 4.90 Å². The molecule has 0 radical (unpaired) electrons. The highest BCUT2D eigenvalue weighted by Gasteiger charge is 2.35. The molecule has 44 heavy (non-hydrogen) atoms. The Morgan fingerprint density at radius 1 is 0.455 bits per heavy atom. The molecule has 0 atom stereocenters. The van der Waals surface area contributed by atoms with Gasteiger partial charge in [-0.25, -0.2) is 0 Å². The third-order valence-electron chi connectivity index (χ3n) is 9.71. The Labute approximate surface area is 257 Å². The summed E-state index contributed by atoms with van der Waals surface area (Å²) >= 11 is 0. The molecule has 0 spiro atoms. The number of hydrogen-bond donors (Lipinski definition) is 0. The van der Waals surface area contributed by atoms with Crippen molar-refractivity contribution in [3.63, 3.8) is 0 Å². The zero-order chi connectivity index (χ0) is 29.4. The molecule has 6 aromatic carbocycles. The first-order valence-electron chi connectivity index (χ1n) is 15.3. The second-order valence-electron chi connectivity index (χ2n) is 12.4. The summed E-state index contributed by atoms with van der Waals surface area (Å²) in [6, 6.07) is 49.0. The summed E-state index contributed by atoms with van der Waals surface area (Å²) in [5.74, 6) is 0. The SMILES string of the molecule is CC1(C)c2ccccc2-c2ccc(N(c3ccncc3)c3cccc(-c4ccc5c6c(cccc46)-c4ccccc4-5)c3)cc21. The van der Waals surface area contributed by atoms with Gasteiger partial charge in [0.25, 0.3) is 0 Å². The van der Waals surface area contributed by atoms with Gasteiger partial charge in [-0.3, -0.25) is 4.98 Å². The molecule has 0 fully saturated rings. The molecule has 2 aliphatic carbocycles. The lowest BCUT2D eigenvalue weighted by Gasteiger charge is -2.28. The highest BCUT2D eigenvalue weighted by atomic mass is 15.1. The Morgan fingerprint density at radius 2 is 1.07 bits per heavy atom. The van der Waals surface area contributed by atoms with Crippen LogP contribution in [-0.4, -0.2) is 4.98 Å². The Kier molecular flexibility index (Phi) is 5.28. The molecule has 2 aliphatic rings. The van der Waals surface area contributed by atoms with Gasteiger partial charge in [-0.1, -0.05) is 111 Å². The Hall–Kier alpha value is -5.47. The number of nitrogens with zero attached hydrogens (tertiary/aromatic N) is 2. The molecule has 9 rings (SSSR count). The fraction of sp³-hybridized carbons (Fsp3) is 0.0714. The van der Waals surface area contributed by atoms with Crippen molar-refractivity contribution >= 4 is 27.8 Å². The molecule has 2 nitrogen and oxygen atoms in total. The summed E-state index contributed by atoms with van der Waals surface area (Å²) in [5.41, 5.74) is 16.4. The van der Waals surface area contributed by atoms with Crippen LogP contribution in [0.15, 0.2) is 146 Å². The topological polar surface area (TPSA) is 16.1 Å². The van der Waals surface area contributed by atoms with Crippen LogP contribution in [0.5, 0.6) is 0 Å². The van der Waals surface area contributed by atoms with Crippen molar-refractivity contribution in [3.05, 3.63) is 157 Å². The number of pyridine rings is 1. The van der Waals surface area contributed by atoms with Crippen LogP contribution in [0, 0.1) is 0 Å². The van der Waals surface area contributed by atoms with Crippen LogP contribution in [0.25, 0.3) is 55.3 Å². The van der Waals surface area contributed by atoms with Crippen molar-refractivity contribution in [2.45, 2.75) is 19.3 Å². The van der Waals surface area contributed by atoms with Crippen LogP contribution < -0.4 is 4.90 Å². The zero-order valence-corrected chi connectivity index (χ0v) is 24.8. The van der Waals surface area contributed by atoms with E-state index in [1.54, 1.807) is 0 Å².